The number of fused-ring (bicyclic) bond motifs is 1. The van der Waals surface area contributed by atoms with Gasteiger partial charge in [0.15, 0.2) is 0 Å². The smallest absolute Gasteiger partial charge is 0.252 e. The number of carbonyl (C=O) groups is 1. The van der Waals surface area contributed by atoms with Crippen LogP contribution in [0, 0.1) is 11.7 Å². The van der Waals surface area contributed by atoms with E-state index in [1.165, 1.54) is 6.07 Å². The maximum atomic E-state index is 14.7. The molecule has 4 N–H and O–H groups in total. The van der Waals surface area contributed by atoms with Gasteiger partial charge in [0.05, 0.1) is 26.5 Å². The molecular formula is C24H30FN5O3. The molecule has 5 rings (SSSR count). The molecule has 2 aromatic carbocycles. The van der Waals surface area contributed by atoms with Crippen molar-refractivity contribution in [3.05, 3.63) is 59.4 Å². The van der Waals surface area contributed by atoms with E-state index >= 15 is 0 Å². The fraction of sp³-hybridized carbons (Fsp3) is 0.458. The van der Waals surface area contributed by atoms with Gasteiger partial charge >= 0.3 is 0 Å². The second-order valence-electron chi connectivity index (χ2n) is 8.71. The van der Waals surface area contributed by atoms with E-state index < -0.39 is 0 Å². The third-order valence-electron chi connectivity index (χ3n) is 6.81. The predicted octanol–water partition coefficient (Wildman–Crippen LogP) is 1.55. The number of ether oxygens (including phenoxy) is 2. The number of halogens is 1. The van der Waals surface area contributed by atoms with Gasteiger partial charge in [-0.1, -0.05) is 12.1 Å². The van der Waals surface area contributed by atoms with Crippen molar-refractivity contribution >= 4 is 11.6 Å². The molecule has 0 saturated carbocycles. The Balaban J connectivity index is 1.29. The lowest BCUT2D eigenvalue weighted by Crippen LogP contribution is -2.49. The number of nitrogens with zero attached hydrogens (tertiary/aromatic N) is 1. The average Bonchev–Trinajstić information content (AvgIpc) is 3.26. The molecule has 4 unspecified atom stereocenters. The minimum absolute atomic E-state index is 0.0898. The fourth-order valence-electron chi connectivity index (χ4n) is 5.06. The first-order valence-electron chi connectivity index (χ1n) is 11.4. The Labute approximate surface area is 192 Å². The number of hydrogen-bond donors (Lipinski definition) is 4. The van der Waals surface area contributed by atoms with Crippen molar-refractivity contribution in [1.82, 2.24) is 21.5 Å². The minimum Gasteiger partial charge on any atom is -0.496 e. The number of benzene rings is 2. The second-order valence-corrected chi connectivity index (χ2v) is 8.71. The quantitative estimate of drug-likeness (QED) is 0.544. The van der Waals surface area contributed by atoms with E-state index in [0.29, 0.717) is 43.1 Å². The van der Waals surface area contributed by atoms with E-state index in [-0.39, 0.29) is 35.9 Å². The first-order valence-corrected chi connectivity index (χ1v) is 11.4. The highest BCUT2D eigenvalue weighted by molar-refractivity contribution is 5.95. The summed E-state index contributed by atoms with van der Waals surface area (Å²) in [6, 6.07) is 12.5. The second kappa shape index (κ2) is 9.64. The fourth-order valence-corrected chi connectivity index (χ4v) is 5.06. The molecule has 0 radical (unpaired) electrons. The van der Waals surface area contributed by atoms with Crippen molar-refractivity contribution < 1.29 is 18.7 Å². The molecule has 0 spiro atoms. The number of piperidine rings is 1. The molecule has 0 bridgehead atoms. The van der Waals surface area contributed by atoms with Gasteiger partial charge in [0.1, 0.15) is 11.6 Å². The van der Waals surface area contributed by atoms with E-state index in [1.807, 2.05) is 24.3 Å². The summed E-state index contributed by atoms with van der Waals surface area (Å²) in [4.78, 5) is 15.3. The van der Waals surface area contributed by atoms with Crippen LogP contribution in [0.4, 0.5) is 10.1 Å². The zero-order valence-electron chi connectivity index (χ0n) is 18.6. The van der Waals surface area contributed by atoms with Crippen molar-refractivity contribution in [3.8, 4) is 5.75 Å². The Morgan fingerprint density at radius 1 is 1.18 bits per heavy atom. The highest BCUT2D eigenvalue weighted by Gasteiger charge is 2.42. The van der Waals surface area contributed by atoms with Crippen LogP contribution in [0.3, 0.4) is 0 Å². The van der Waals surface area contributed by atoms with E-state index in [1.54, 1.807) is 19.2 Å². The lowest BCUT2D eigenvalue weighted by Gasteiger charge is -2.35. The number of methoxy groups -OCH3 is 1. The number of carbonyl (C=O) groups excluding carboxylic acids is 1. The first kappa shape index (κ1) is 22.1. The largest absolute Gasteiger partial charge is 0.496 e. The van der Waals surface area contributed by atoms with Crippen LogP contribution < -0.4 is 31.1 Å². The molecule has 0 aromatic heterocycles. The number of hydrazine groups is 1. The van der Waals surface area contributed by atoms with Crippen molar-refractivity contribution in [3.63, 3.8) is 0 Å². The van der Waals surface area contributed by atoms with Gasteiger partial charge in [0.2, 0.25) is 0 Å². The summed E-state index contributed by atoms with van der Waals surface area (Å²) < 4.78 is 25.5. The predicted molar refractivity (Wildman–Crippen MR) is 123 cm³/mol. The van der Waals surface area contributed by atoms with E-state index in [2.05, 4.69) is 26.4 Å². The Bertz CT molecular complexity index is 1000. The van der Waals surface area contributed by atoms with Crippen LogP contribution in [0.5, 0.6) is 5.75 Å². The van der Waals surface area contributed by atoms with E-state index in [4.69, 9.17) is 9.47 Å². The van der Waals surface area contributed by atoms with Crippen LogP contribution in [0.15, 0.2) is 42.5 Å². The SMILES string of the molecule is COc1cccc(F)c1C1CC2C(CN1)NNC2NC(=O)c1cccc(N2CCOCC2)c1. The average molecular weight is 456 g/mol. The summed E-state index contributed by atoms with van der Waals surface area (Å²) in [7, 11) is 1.55. The molecule has 1 amide bonds. The third kappa shape index (κ3) is 4.54. The molecule has 3 fully saturated rings. The van der Waals surface area contributed by atoms with Crippen molar-refractivity contribution in [2.45, 2.75) is 24.7 Å². The first-order chi connectivity index (χ1) is 16.1. The monoisotopic (exact) mass is 455 g/mol. The third-order valence-corrected chi connectivity index (χ3v) is 6.81. The van der Waals surface area contributed by atoms with E-state index in [9.17, 15) is 9.18 Å². The number of amides is 1. The van der Waals surface area contributed by atoms with Gasteiger partial charge in [-0.05, 0) is 36.8 Å². The molecule has 3 saturated heterocycles. The minimum atomic E-state index is -0.287. The Kier molecular flexibility index (Phi) is 6.45. The zero-order valence-corrected chi connectivity index (χ0v) is 18.6. The van der Waals surface area contributed by atoms with Crippen LogP contribution in [0.1, 0.15) is 28.4 Å². The molecule has 176 valence electrons. The van der Waals surface area contributed by atoms with Gasteiger partial charge in [0.25, 0.3) is 5.91 Å². The molecule has 8 nitrogen and oxygen atoms in total. The maximum absolute atomic E-state index is 14.7. The van der Waals surface area contributed by atoms with Crippen LogP contribution in [0.2, 0.25) is 0 Å². The number of morpholine rings is 1. The Hall–Kier alpha value is -2.72. The lowest BCUT2D eigenvalue weighted by molar-refractivity contribution is 0.0913. The van der Waals surface area contributed by atoms with Gasteiger partial charge in [-0.25, -0.2) is 9.82 Å². The van der Waals surface area contributed by atoms with Gasteiger partial charge in [0, 0.05) is 54.5 Å². The highest BCUT2D eigenvalue weighted by atomic mass is 19.1. The molecule has 33 heavy (non-hydrogen) atoms. The van der Waals surface area contributed by atoms with Crippen LogP contribution in [-0.4, -0.2) is 58.1 Å². The van der Waals surface area contributed by atoms with Gasteiger partial charge < -0.3 is 25.0 Å². The summed E-state index contributed by atoms with van der Waals surface area (Å²) in [6.45, 7) is 3.67. The summed E-state index contributed by atoms with van der Waals surface area (Å²) in [6.07, 6.45) is 0.387. The number of hydrogen-bond acceptors (Lipinski definition) is 7. The zero-order chi connectivity index (χ0) is 22.8. The molecule has 3 aliphatic heterocycles. The lowest BCUT2D eigenvalue weighted by atomic mass is 9.84. The number of anilines is 1. The van der Waals surface area contributed by atoms with Crippen LogP contribution >= 0.6 is 0 Å². The number of rotatable bonds is 5. The van der Waals surface area contributed by atoms with Gasteiger partial charge in [-0.2, -0.15) is 0 Å². The number of nitrogens with one attached hydrogen (secondary N) is 4. The summed E-state index contributed by atoms with van der Waals surface area (Å²) in [5.74, 6) is 0.200. The summed E-state index contributed by atoms with van der Waals surface area (Å²) >= 11 is 0. The summed E-state index contributed by atoms with van der Waals surface area (Å²) in [5, 5.41) is 6.55. The standard InChI is InChI=1S/C24H30FN5O3/c1-32-21-7-3-6-18(25)22(21)19-13-17-20(14-26-19)28-29-23(17)27-24(31)15-4-2-5-16(12-15)30-8-10-33-11-9-30/h2-7,12,17,19-20,23,26,28-29H,8-11,13-14H2,1H3,(H,27,31). The Morgan fingerprint density at radius 3 is 2.82 bits per heavy atom. The van der Waals surface area contributed by atoms with Crippen LogP contribution in [0.25, 0.3) is 0 Å². The van der Waals surface area contributed by atoms with Crippen molar-refractivity contribution in [2.75, 3.05) is 44.9 Å². The Morgan fingerprint density at radius 2 is 2.00 bits per heavy atom. The normalized spacial score (nSPS) is 27.2. The molecule has 2 aromatic rings. The van der Waals surface area contributed by atoms with Gasteiger partial charge in [-0.15, -0.1) is 0 Å². The maximum Gasteiger partial charge on any atom is 0.252 e. The topological polar surface area (TPSA) is 86.9 Å². The van der Waals surface area contributed by atoms with Gasteiger partial charge in [-0.3, -0.25) is 10.2 Å². The molecule has 3 heterocycles. The molecule has 4 atom stereocenters. The summed E-state index contributed by atoms with van der Waals surface area (Å²) in [5.41, 5.74) is 8.66. The molecular weight excluding hydrogens is 425 g/mol. The molecule has 9 heteroatoms. The van der Waals surface area contributed by atoms with E-state index in [0.717, 1.165) is 18.8 Å². The molecule has 3 aliphatic rings. The van der Waals surface area contributed by atoms with Crippen molar-refractivity contribution in [1.29, 1.82) is 0 Å². The highest BCUT2D eigenvalue weighted by Crippen LogP contribution is 2.36. The van der Waals surface area contributed by atoms with Crippen LogP contribution in [-0.2, 0) is 4.74 Å². The molecule has 0 aliphatic carbocycles. The van der Waals surface area contributed by atoms with Crippen molar-refractivity contribution in [2.24, 2.45) is 5.92 Å².